The van der Waals surface area contributed by atoms with E-state index in [0.717, 1.165) is 4.90 Å². The summed E-state index contributed by atoms with van der Waals surface area (Å²) in [5.74, 6) is -1.54. The number of hydrogen-bond donors (Lipinski definition) is 2. The van der Waals surface area contributed by atoms with Gasteiger partial charge >= 0.3 is 12.4 Å². The minimum Gasteiger partial charge on any atom is -0.395 e. The van der Waals surface area contributed by atoms with Gasteiger partial charge in [0.25, 0.3) is 5.91 Å². The lowest BCUT2D eigenvalue weighted by Gasteiger charge is -2.31. The minimum atomic E-state index is -5.12. The quantitative estimate of drug-likeness (QED) is 0.364. The fourth-order valence-electron chi connectivity index (χ4n) is 4.00. The molecule has 2 atom stereocenters. The molecular weight excluding hydrogens is 554 g/mol. The number of likely N-dealkylation sites (N-methyl/N-ethyl adjacent to an activating group) is 1. The highest BCUT2D eigenvalue weighted by Crippen LogP contribution is 2.36. The second-order valence-corrected chi connectivity index (χ2v) is 9.51. The molecule has 0 saturated heterocycles. The van der Waals surface area contributed by atoms with E-state index in [0.29, 0.717) is 22.7 Å². The Morgan fingerprint density at radius 2 is 1.49 bits per heavy atom. The van der Waals surface area contributed by atoms with E-state index in [9.17, 15) is 46.1 Å². The standard InChI is InChI=1S/C26H29ClF6N2O4/c1-16(15-37)35(9-10-36)23(38)8-7-22(11-17-3-5-21(27)6-4-17)34(2)24(39)18-12-19(25(28,29)30)14-20(13-18)26(31,32)33/h3-6,12-14,16,22,36-37H,7-11,15H2,1-2H3. The Bertz CT molecular complexity index is 1090. The van der Waals surface area contributed by atoms with Gasteiger partial charge in [-0.25, -0.2) is 0 Å². The topological polar surface area (TPSA) is 81.1 Å². The molecule has 2 aromatic rings. The number of amides is 2. The van der Waals surface area contributed by atoms with Crippen molar-refractivity contribution in [1.82, 2.24) is 9.80 Å². The van der Waals surface area contributed by atoms with E-state index in [4.69, 9.17) is 11.6 Å². The SMILES string of the molecule is CC(CO)N(CCO)C(=O)CCC(Cc1ccc(Cl)cc1)N(C)C(=O)c1cc(C(F)(F)F)cc(C(F)(F)F)c1. The first-order valence-electron chi connectivity index (χ1n) is 11.9. The zero-order chi connectivity index (χ0) is 29.5. The maximum absolute atomic E-state index is 13.3. The average molecular weight is 583 g/mol. The third-order valence-electron chi connectivity index (χ3n) is 6.24. The van der Waals surface area contributed by atoms with Crippen LogP contribution >= 0.6 is 11.6 Å². The molecule has 0 aliphatic rings. The highest BCUT2D eigenvalue weighted by Gasteiger charge is 2.38. The molecule has 39 heavy (non-hydrogen) atoms. The molecule has 0 aliphatic heterocycles. The zero-order valence-corrected chi connectivity index (χ0v) is 21.9. The number of hydrogen-bond acceptors (Lipinski definition) is 4. The molecule has 2 unspecified atom stereocenters. The summed E-state index contributed by atoms with van der Waals surface area (Å²) in [6.45, 7) is 0.789. The molecule has 6 nitrogen and oxygen atoms in total. The molecule has 0 bridgehead atoms. The number of rotatable bonds is 11. The molecule has 0 aliphatic carbocycles. The van der Waals surface area contributed by atoms with Gasteiger partial charge in [0.2, 0.25) is 5.91 Å². The number of aliphatic hydroxyl groups excluding tert-OH is 2. The molecule has 13 heteroatoms. The summed E-state index contributed by atoms with van der Waals surface area (Å²) >= 11 is 5.92. The number of halogens is 7. The largest absolute Gasteiger partial charge is 0.416 e. The molecule has 0 aromatic heterocycles. The van der Waals surface area contributed by atoms with Gasteiger partial charge in [0.1, 0.15) is 0 Å². The van der Waals surface area contributed by atoms with Crippen LogP contribution in [0.5, 0.6) is 0 Å². The van der Waals surface area contributed by atoms with Crippen LogP contribution in [0, 0.1) is 0 Å². The number of nitrogens with zero attached hydrogens (tertiary/aromatic N) is 2. The first kappa shape index (κ1) is 32.4. The maximum atomic E-state index is 13.3. The molecule has 2 aromatic carbocycles. The number of carbonyl (C=O) groups excluding carboxylic acids is 2. The molecule has 216 valence electrons. The molecule has 0 fully saturated rings. The predicted molar refractivity (Wildman–Crippen MR) is 132 cm³/mol. The van der Waals surface area contributed by atoms with Gasteiger partial charge in [-0.2, -0.15) is 26.3 Å². The second kappa shape index (κ2) is 13.5. The van der Waals surface area contributed by atoms with Gasteiger partial charge in [0, 0.05) is 36.6 Å². The fourth-order valence-corrected chi connectivity index (χ4v) is 4.13. The first-order chi connectivity index (χ1) is 18.1. The van der Waals surface area contributed by atoms with Gasteiger partial charge < -0.3 is 20.0 Å². The van der Waals surface area contributed by atoms with Crippen molar-refractivity contribution in [2.45, 2.75) is 50.6 Å². The van der Waals surface area contributed by atoms with Crippen LogP contribution in [0.4, 0.5) is 26.3 Å². The molecular formula is C26H29ClF6N2O4. The fraction of sp³-hybridized carbons (Fsp3) is 0.462. The molecule has 2 amide bonds. The van der Waals surface area contributed by atoms with E-state index >= 15 is 0 Å². The summed E-state index contributed by atoms with van der Waals surface area (Å²) < 4.78 is 80.0. The lowest BCUT2D eigenvalue weighted by molar-refractivity contribution is -0.143. The van der Waals surface area contributed by atoms with Crippen molar-refractivity contribution in [2.75, 3.05) is 26.8 Å². The average Bonchev–Trinajstić information content (AvgIpc) is 2.88. The zero-order valence-electron chi connectivity index (χ0n) is 21.2. The van der Waals surface area contributed by atoms with Gasteiger partial charge in [0.15, 0.2) is 0 Å². The summed E-state index contributed by atoms with van der Waals surface area (Å²) in [7, 11) is 1.24. The summed E-state index contributed by atoms with van der Waals surface area (Å²) in [6.07, 6.45) is -10.3. The van der Waals surface area contributed by atoms with Gasteiger partial charge in [-0.1, -0.05) is 23.7 Å². The van der Waals surface area contributed by atoms with E-state index in [1.54, 1.807) is 31.2 Å². The Hall–Kier alpha value is -2.83. The van der Waals surface area contributed by atoms with Crippen LogP contribution in [0.3, 0.4) is 0 Å². The number of aliphatic hydroxyl groups is 2. The summed E-state index contributed by atoms with van der Waals surface area (Å²) in [6, 6.07) is 5.70. The molecule has 0 saturated carbocycles. The molecule has 0 heterocycles. The van der Waals surface area contributed by atoms with Gasteiger partial charge in [0.05, 0.1) is 30.4 Å². The van der Waals surface area contributed by atoms with Crippen molar-refractivity contribution in [3.63, 3.8) is 0 Å². The van der Waals surface area contributed by atoms with Crippen molar-refractivity contribution < 1.29 is 46.1 Å². The third-order valence-corrected chi connectivity index (χ3v) is 6.49. The number of benzene rings is 2. The van der Waals surface area contributed by atoms with Crippen LogP contribution in [0.15, 0.2) is 42.5 Å². The Morgan fingerprint density at radius 1 is 0.949 bits per heavy atom. The van der Waals surface area contributed by atoms with Crippen molar-refractivity contribution in [2.24, 2.45) is 0 Å². The third kappa shape index (κ3) is 9.11. The lowest BCUT2D eigenvalue weighted by Crippen LogP contribution is -2.44. The molecule has 2 N–H and O–H groups in total. The normalized spacial score (nSPS) is 13.6. The van der Waals surface area contributed by atoms with Gasteiger partial charge in [-0.05, 0) is 55.7 Å². The Morgan fingerprint density at radius 3 is 1.95 bits per heavy atom. The maximum Gasteiger partial charge on any atom is 0.416 e. The lowest BCUT2D eigenvalue weighted by atomic mass is 9.98. The highest BCUT2D eigenvalue weighted by atomic mass is 35.5. The van der Waals surface area contributed by atoms with Crippen molar-refractivity contribution in [3.05, 3.63) is 69.7 Å². The molecule has 0 radical (unpaired) electrons. The second-order valence-electron chi connectivity index (χ2n) is 9.08. The monoisotopic (exact) mass is 582 g/mol. The van der Waals surface area contributed by atoms with Gasteiger partial charge in [-0.15, -0.1) is 0 Å². The minimum absolute atomic E-state index is 0.00509. The van der Waals surface area contributed by atoms with E-state index < -0.39 is 52.9 Å². The van der Waals surface area contributed by atoms with Crippen LogP contribution in [0.25, 0.3) is 0 Å². The van der Waals surface area contributed by atoms with E-state index in [1.165, 1.54) is 11.9 Å². The highest BCUT2D eigenvalue weighted by molar-refractivity contribution is 6.30. The van der Waals surface area contributed by atoms with Crippen LogP contribution in [0.2, 0.25) is 5.02 Å². The van der Waals surface area contributed by atoms with Crippen molar-refractivity contribution >= 4 is 23.4 Å². The first-order valence-corrected chi connectivity index (χ1v) is 12.3. The van der Waals surface area contributed by atoms with E-state index in [2.05, 4.69) is 0 Å². The van der Waals surface area contributed by atoms with Crippen LogP contribution in [-0.4, -0.2) is 70.7 Å². The summed E-state index contributed by atoms with van der Waals surface area (Å²) in [5, 5.41) is 19.1. The van der Waals surface area contributed by atoms with Crippen LogP contribution < -0.4 is 0 Å². The Kier molecular flexibility index (Phi) is 11.2. The van der Waals surface area contributed by atoms with Crippen LogP contribution in [0.1, 0.15) is 46.8 Å². The van der Waals surface area contributed by atoms with E-state index in [1.807, 2.05) is 0 Å². The van der Waals surface area contributed by atoms with Gasteiger partial charge in [-0.3, -0.25) is 9.59 Å². The van der Waals surface area contributed by atoms with E-state index in [-0.39, 0.29) is 45.1 Å². The van der Waals surface area contributed by atoms with Crippen LogP contribution in [-0.2, 0) is 23.6 Å². The predicted octanol–water partition coefficient (Wildman–Crippen LogP) is 5.04. The number of alkyl halides is 6. The molecule has 2 rings (SSSR count). The van der Waals surface area contributed by atoms with Crippen molar-refractivity contribution in [3.8, 4) is 0 Å². The Balaban J connectivity index is 2.42. The summed E-state index contributed by atoms with van der Waals surface area (Å²) in [4.78, 5) is 28.3. The number of carbonyl (C=O) groups is 2. The molecule has 0 spiro atoms. The van der Waals surface area contributed by atoms with Crippen molar-refractivity contribution in [1.29, 1.82) is 0 Å². The smallest absolute Gasteiger partial charge is 0.395 e. The summed E-state index contributed by atoms with van der Waals surface area (Å²) in [5.41, 5.74) is -3.37. The Labute approximate surface area is 226 Å².